The van der Waals surface area contributed by atoms with Crippen molar-refractivity contribution in [2.45, 2.75) is 19.4 Å². The molecular weight excluding hydrogens is 396 g/mol. The molecule has 7 heteroatoms. The van der Waals surface area contributed by atoms with Gasteiger partial charge in [-0.05, 0) is 30.7 Å². The predicted molar refractivity (Wildman–Crippen MR) is 93.9 cm³/mol. The van der Waals surface area contributed by atoms with Crippen LogP contribution in [0.15, 0.2) is 34.8 Å². The molecule has 2 aromatic rings. The smallest absolute Gasteiger partial charge is 0.224 e. The standard InChI is InChI=1S/C18H18BrF2NO3/c1-10(13-5-4-12(20)8-15(13)21)22-18(23)7-11-6-16(24-2)17(25-3)9-14(11)19/h4-6,8-10H,7H2,1-3H3,(H,22,23)/t10-/m0/s1. The van der Waals surface area contributed by atoms with Gasteiger partial charge in [0.15, 0.2) is 11.5 Å². The van der Waals surface area contributed by atoms with E-state index in [0.29, 0.717) is 21.5 Å². The number of hydrogen-bond acceptors (Lipinski definition) is 3. The quantitative estimate of drug-likeness (QED) is 0.772. The summed E-state index contributed by atoms with van der Waals surface area (Å²) < 4.78 is 37.9. The molecule has 1 amide bonds. The molecular formula is C18H18BrF2NO3. The van der Waals surface area contributed by atoms with E-state index in [4.69, 9.17) is 9.47 Å². The van der Waals surface area contributed by atoms with Gasteiger partial charge in [-0.15, -0.1) is 0 Å². The number of amides is 1. The fraction of sp³-hybridized carbons (Fsp3) is 0.278. The first kappa shape index (κ1) is 19.2. The van der Waals surface area contributed by atoms with Gasteiger partial charge in [0.05, 0.1) is 26.7 Å². The number of hydrogen-bond donors (Lipinski definition) is 1. The zero-order valence-electron chi connectivity index (χ0n) is 14.0. The van der Waals surface area contributed by atoms with Gasteiger partial charge < -0.3 is 14.8 Å². The molecule has 4 nitrogen and oxygen atoms in total. The van der Waals surface area contributed by atoms with Crippen LogP contribution in [0.1, 0.15) is 24.1 Å². The molecule has 2 rings (SSSR count). The number of ether oxygens (including phenoxy) is 2. The molecule has 0 spiro atoms. The summed E-state index contributed by atoms with van der Waals surface area (Å²) in [4.78, 5) is 12.3. The molecule has 0 fully saturated rings. The van der Waals surface area contributed by atoms with Crippen molar-refractivity contribution in [1.82, 2.24) is 5.32 Å². The molecule has 1 N–H and O–H groups in total. The van der Waals surface area contributed by atoms with Crippen LogP contribution < -0.4 is 14.8 Å². The Bertz CT molecular complexity index is 783. The Kier molecular flexibility index (Phi) is 6.36. The van der Waals surface area contributed by atoms with E-state index in [0.717, 1.165) is 12.1 Å². The van der Waals surface area contributed by atoms with Gasteiger partial charge in [-0.2, -0.15) is 0 Å². The number of carbonyl (C=O) groups is 1. The molecule has 0 saturated carbocycles. The summed E-state index contributed by atoms with van der Waals surface area (Å²) in [5, 5.41) is 2.70. The van der Waals surface area contributed by atoms with Crippen LogP contribution >= 0.6 is 15.9 Å². The molecule has 1 atom stereocenters. The van der Waals surface area contributed by atoms with Crippen molar-refractivity contribution in [2.75, 3.05) is 14.2 Å². The molecule has 2 aromatic carbocycles. The molecule has 0 heterocycles. The van der Waals surface area contributed by atoms with Crippen molar-refractivity contribution in [2.24, 2.45) is 0 Å². The molecule has 25 heavy (non-hydrogen) atoms. The molecule has 0 unspecified atom stereocenters. The van der Waals surface area contributed by atoms with Gasteiger partial charge in [-0.3, -0.25) is 4.79 Å². The zero-order valence-corrected chi connectivity index (χ0v) is 15.6. The highest BCUT2D eigenvalue weighted by atomic mass is 79.9. The minimum absolute atomic E-state index is 0.0636. The first-order valence-electron chi connectivity index (χ1n) is 7.50. The third-order valence-corrected chi connectivity index (χ3v) is 4.45. The fourth-order valence-corrected chi connectivity index (χ4v) is 2.89. The van der Waals surface area contributed by atoms with Crippen molar-refractivity contribution >= 4 is 21.8 Å². The summed E-state index contributed by atoms with van der Waals surface area (Å²) >= 11 is 3.39. The van der Waals surface area contributed by atoms with E-state index in [1.165, 1.54) is 20.3 Å². The molecule has 134 valence electrons. The number of methoxy groups -OCH3 is 2. The lowest BCUT2D eigenvalue weighted by Gasteiger charge is -2.16. The summed E-state index contributed by atoms with van der Waals surface area (Å²) in [6, 6.07) is 6.10. The predicted octanol–water partition coefficient (Wildman–Crippen LogP) is 4.16. The van der Waals surface area contributed by atoms with Gasteiger partial charge in [-0.25, -0.2) is 8.78 Å². The zero-order chi connectivity index (χ0) is 18.6. The van der Waals surface area contributed by atoms with Gasteiger partial charge >= 0.3 is 0 Å². The Hall–Kier alpha value is -2.15. The Morgan fingerprint density at radius 3 is 2.40 bits per heavy atom. The van der Waals surface area contributed by atoms with E-state index < -0.39 is 17.7 Å². The van der Waals surface area contributed by atoms with E-state index in [2.05, 4.69) is 21.2 Å². The van der Waals surface area contributed by atoms with E-state index in [1.807, 2.05) is 0 Å². The highest BCUT2D eigenvalue weighted by Gasteiger charge is 2.17. The van der Waals surface area contributed by atoms with Gasteiger partial charge in [0.1, 0.15) is 11.6 Å². The summed E-state index contributed by atoms with van der Waals surface area (Å²) in [7, 11) is 3.03. The average molecular weight is 414 g/mol. The maximum atomic E-state index is 13.8. The van der Waals surface area contributed by atoms with Crippen LogP contribution in [0.2, 0.25) is 0 Å². The van der Waals surface area contributed by atoms with Crippen LogP contribution in [-0.4, -0.2) is 20.1 Å². The largest absolute Gasteiger partial charge is 0.493 e. The monoisotopic (exact) mass is 413 g/mol. The lowest BCUT2D eigenvalue weighted by Crippen LogP contribution is -2.28. The Labute approximate surface area is 153 Å². The van der Waals surface area contributed by atoms with E-state index in [-0.39, 0.29) is 17.9 Å². The van der Waals surface area contributed by atoms with Crippen molar-refractivity contribution in [1.29, 1.82) is 0 Å². The second kappa shape index (κ2) is 8.29. The van der Waals surface area contributed by atoms with Gasteiger partial charge in [0.2, 0.25) is 5.91 Å². The van der Waals surface area contributed by atoms with Crippen LogP contribution in [0.4, 0.5) is 8.78 Å². The van der Waals surface area contributed by atoms with Crippen LogP contribution in [0.3, 0.4) is 0 Å². The summed E-state index contributed by atoms with van der Waals surface area (Å²) in [6.07, 6.45) is 0.0636. The summed E-state index contributed by atoms with van der Waals surface area (Å²) in [6.45, 7) is 1.64. The molecule has 0 radical (unpaired) electrons. The van der Waals surface area contributed by atoms with Crippen molar-refractivity contribution in [3.8, 4) is 11.5 Å². The van der Waals surface area contributed by atoms with Crippen molar-refractivity contribution < 1.29 is 23.0 Å². The minimum Gasteiger partial charge on any atom is -0.493 e. The van der Waals surface area contributed by atoms with Crippen LogP contribution in [0.5, 0.6) is 11.5 Å². The Morgan fingerprint density at radius 2 is 1.80 bits per heavy atom. The highest BCUT2D eigenvalue weighted by molar-refractivity contribution is 9.10. The average Bonchev–Trinajstić information content (AvgIpc) is 2.55. The first-order valence-corrected chi connectivity index (χ1v) is 8.29. The number of benzene rings is 2. The molecule has 0 saturated heterocycles. The van der Waals surface area contributed by atoms with Crippen LogP contribution in [0, 0.1) is 11.6 Å². The third kappa shape index (κ3) is 4.69. The SMILES string of the molecule is COc1cc(Br)c(CC(=O)N[C@@H](C)c2ccc(F)cc2F)cc1OC. The van der Waals surface area contributed by atoms with Crippen molar-refractivity contribution in [3.63, 3.8) is 0 Å². The van der Waals surface area contributed by atoms with Crippen LogP contribution in [-0.2, 0) is 11.2 Å². The van der Waals surface area contributed by atoms with E-state index in [1.54, 1.807) is 19.1 Å². The van der Waals surface area contributed by atoms with Gasteiger partial charge in [0, 0.05) is 16.1 Å². The second-order valence-electron chi connectivity index (χ2n) is 5.43. The summed E-state index contributed by atoms with van der Waals surface area (Å²) in [5.41, 5.74) is 0.919. The van der Waals surface area contributed by atoms with Gasteiger partial charge in [-0.1, -0.05) is 22.0 Å². The second-order valence-corrected chi connectivity index (χ2v) is 6.28. The Balaban J connectivity index is 2.12. The number of rotatable bonds is 6. The third-order valence-electron chi connectivity index (χ3n) is 3.71. The maximum Gasteiger partial charge on any atom is 0.224 e. The van der Waals surface area contributed by atoms with Gasteiger partial charge in [0.25, 0.3) is 0 Å². The lowest BCUT2D eigenvalue weighted by molar-refractivity contribution is -0.121. The molecule has 0 aromatic heterocycles. The molecule has 0 aliphatic carbocycles. The highest BCUT2D eigenvalue weighted by Crippen LogP contribution is 2.33. The lowest BCUT2D eigenvalue weighted by atomic mass is 10.1. The fourth-order valence-electron chi connectivity index (χ4n) is 2.43. The molecule has 0 aliphatic rings. The van der Waals surface area contributed by atoms with Crippen LogP contribution in [0.25, 0.3) is 0 Å². The van der Waals surface area contributed by atoms with Crippen molar-refractivity contribution in [3.05, 3.63) is 57.6 Å². The first-order chi connectivity index (χ1) is 11.8. The van der Waals surface area contributed by atoms with E-state index >= 15 is 0 Å². The summed E-state index contributed by atoms with van der Waals surface area (Å²) in [5.74, 6) is -0.607. The topological polar surface area (TPSA) is 47.6 Å². The molecule has 0 aliphatic heterocycles. The normalized spacial score (nSPS) is 11.8. The number of halogens is 3. The molecule has 0 bridgehead atoms. The minimum atomic E-state index is -0.694. The maximum absolute atomic E-state index is 13.8. The number of carbonyl (C=O) groups excluding carboxylic acids is 1. The number of nitrogens with one attached hydrogen (secondary N) is 1. The van der Waals surface area contributed by atoms with E-state index in [9.17, 15) is 13.6 Å². The Morgan fingerprint density at radius 1 is 1.16 bits per heavy atom.